The van der Waals surface area contributed by atoms with E-state index in [1.807, 2.05) is 43.6 Å². The van der Waals surface area contributed by atoms with Crippen LogP contribution in [0.1, 0.15) is 24.4 Å². The molecule has 0 aliphatic rings. The van der Waals surface area contributed by atoms with Gasteiger partial charge in [-0.25, -0.2) is 23.4 Å². The number of hydrogen-bond acceptors (Lipinski definition) is 7. The summed E-state index contributed by atoms with van der Waals surface area (Å²) >= 11 is 1.59. The number of rotatable bonds is 7. The molecule has 32 heavy (non-hydrogen) atoms. The van der Waals surface area contributed by atoms with E-state index in [-0.39, 0.29) is 17.5 Å². The summed E-state index contributed by atoms with van der Waals surface area (Å²) in [5.74, 6) is 3.57. The number of terminal acetylenes is 1. The van der Waals surface area contributed by atoms with Gasteiger partial charge in [0.2, 0.25) is 10.0 Å². The summed E-state index contributed by atoms with van der Waals surface area (Å²) in [5, 5.41) is 3.35. The number of benzene rings is 2. The van der Waals surface area contributed by atoms with E-state index in [9.17, 15) is 8.42 Å². The van der Waals surface area contributed by atoms with E-state index in [1.165, 1.54) is 6.07 Å². The molecule has 162 valence electrons. The summed E-state index contributed by atoms with van der Waals surface area (Å²) in [6.45, 7) is 3.73. The van der Waals surface area contributed by atoms with E-state index in [2.05, 4.69) is 37.0 Å². The zero-order chi connectivity index (χ0) is 22.7. The monoisotopic (exact) mass is 463 g/mol. The number of aryl methyl sites for hydroxylation is 1. The third kappa shape index (κ3) is 4.78. The first-order valence-corrected chi connectivity index (χ1v) is 12.2. The number of nitrogens with one attached hydrogen (secondary N) is 2. The van der Waals surface area contributed by atoms with Crippen LogP contribution in [0.4, 0.5) is 5.82 Å². The van der Waals surface area contributed by atoms with Crippen LogP contribution < -0.4 is 10.0 Å². The number of thiazole rings is 1. The predicted octanol–water partition coefficient (Wildman–Crippen LogP) is 4.15. The Hall–Kier alpha value is -3.32. The number of hydrogen-bond donors (Lipinski definition) is 2. The van der Waals surface area contributed by atoms with E-state index < -0.39 is 10.0 Å². The van der Waals surface area contributed by atoms with Gasteiger partial charge in [-0.3, -0.25) is 0 Å². The highest BCUT2D eigenvalue weighted by atomic mass is 32.2. The van der Waals surface area contributed by atoms with Gasteiger partial charge in [0.15, 0.2) is 0 Å². The largest absolute Gasteiger partial charge is 0.363 e. The molecular formula is C23H21N5O2S2. The van der Waals surface area contributed by atoms with Gasteiger partial charge >= 0.3 is 0 Å². The quantitative estimate of drug-likeness (QED) is 0.400. The molecule has 2 N–H and O–H groups in total. The maximum atomic E-state index is 12.4. The second-order valence-electron chi connectivity index (χ2n) is 7.19. The van der Waals surface area contributed by atoms with Crippen LogP contribution in [0.25, 0.3) is 21.5 Å². The van der Waals surface area contributed by atoms with Gasteiger partial charge in [-0.15, -0.1) is 17.8 Å². The molecule has 2 aromatic carbocycles. The summed E-state index contributed by atoms with van der Waals surface area (Å²) in [4.78, 5) is 13.6. The lowest BCUT2D eigenvalue weighted by molar-refractivity contribution is 0.586. The molecule has 1 unspecified atom stereocenters. The topological polar surface area (TPSA) is 96.9 Å². The van der Waals surface area contributed by atoms with E-state index in [1.54, 1.807) is 23.5 Å². The summed E-state index contributed by atoms with van der Waals surface area (Å²) in [6, 6.07) is 14.5. The molecule has 1 atom stereocenters. The highest BCUT2D eigenvalue weighted by Crippen LogP contribution is 2.28. The molecule has 0 saturated carbocycles. The summed E-state index contributed by atoms with van der Waals surface area (Å²) in [7, 11) is -3.66. The van der Waals surface area contributed by atoms with Crippen molar-refractivity contribution < 1.29 is 8.42 Å². The van der Waals surface area contributed by atoms with Gasteiger partial charge in [0, 0.05) is 17.7 Å². The van der Waals surface area contributed by atoms with Crippen molar-refractivity contribution in [1.29, 1.82) is 0 Å². The van der Waals surface area contributed by atoms with Gasteiger partial charge in [0.05, 0.1) is 32.9 Å². The minimum Gasteiger partial charge on any atom is -0.363 e. The molecule has 4 rings (SSSR count). The molecule has 2 heterocycles. The second-order valence-corrected chi connectivity index (χ2v) is 9.84. The fraction of sp³-hybridized carbons (Fsp3) is 0.174. The molecule has 0 radical (unpaired) electrons. The fourth-order valence-electron chi connectivity index (χ4n) is 3.28. The number of aromatic nitrogens is 3. The van der Waals surface area contributed by atoms with Crippen LogP contribution >= 0.6 is 11.3 Å². The van der Waals surface area contributed by atoms with E-state index in [4.69, 9.17) is 6.42 Å². The maximum Gasteiger partial charge on any atom is 0.241 e. The summed E-state index contributed by atoms with van der Waals surface area (Å²) in [6.07, 6.45) is 5.16. The van der Waals surface area contributed by atoms with Gasteiger partial charge in [0.1, 0.15) is 11.6 Å². The Bertz CT molecular complexity index is 1420. The van der Waals surface area contributed by atoms with Crippen molar-refractivity contribution >= 4 is 37.4 Å². The highest BCUT2D eigenvalue weighted by Gasteiger charge is 2.16. The van der Waals surface area contributed by atoms with Crippen molar-refractivity contribution in [2.45, 2.75) is 24.8 Å². The zero-order valence-electron chi connectivity index (χ0n) is 17.5. The summed E-state index contributed by atoms with van der Waals surface area (Å²) < 4.78 is 28.3. The van der Waals surface area contributed by atoms with E-state index in [0.717, 1.165) is 27.0 Å². The van der Waals surface area contributed by atoms with Crippen molar-refractivity contribution in [3.63, 3.8) is 0 Å². The van der Waals surface area contributed by atoms with Crippen LogP contribution in [-0.4, -0.2) is 29.9 Å². The van der Waals surface area contributed by atoms with Crippen molar-refractivity contribution in [2.75, 3.05) is 11.9 Å². The number of fused-ring (bicyclic) bond motifs is 1. The molecule has 7 nitrogen and oxygen atoms in total. The first-order valence-electron chi connectivity index (χ1n) is 9.84. The normalized spacial score (nSPS) is 12.4. The Labute approximate surface area is 191 Å². The van der Waals surface area contributed by atoms with Gasteiger partial charge in [-0.1, -0.05) is 24.1 Å². The van der Waals surface area contributed by atoms with Gasteiger partial charge in [-0.2, -0.15) is 4.72 Å². The standard InChI is InChI=1S/C23H21N5O2S2/c1-4-10-25-32(29,30)19-7-5-6-17(11-19)15(2)26-23-13-21(27-16(3)28-23)18-8-9-20-22(12-18)31-14-24-20/h1,5-9,11-15,25H,10H2,2-3H3,(H,26,27,28). The number of sulfonamides is 1. The van der Waals surface area contributed by atoms with Crippen LogP contribution in [0.3, 0.4) is 0 Å². The number of anilines is 1. The van der Waals surface area contributed by atoms with E-state index in [0.29, 0.717) is 11.6 Å². The molecule has 0 amide bonds. The Morgan fingerprint density at radius 3 is 2.81 bits per heavy atom. The average Bonchev–Trinajstić information content (AvgIpc) is 3.25. The molecule has 0 saturated heterocycles. The molecule has 0 aliphatic heterocycles. The third-order valence-electron chi connectivity index (χ3n) is 4.86. The minimum absolute atomic E-state index is 0.0589. The molecule has 0 fully saturated rings. The molecule has 0 spiro atoms. The second kappa shape index (κ2) is 9.04. The van der Waals surface area contributed by atoms with Crippen molar-refractivity contribution in [1.82, 2.24) is 19.7 Å². The Balaban J connectivity index is 1.59. The minimum atomic E-state index is -3.66. The van der Waals surface area contributed by atoms with E-state index >= 15 is 0 Å². The first-order chi connectivity index (χ1) is 15.4. The van der Waals surface area contributed by atoms with Crippen LogP contribution in [-0.2, 0) is 10.0 Å². The highest BCUT2D eigenvalue weighted by molar-refractivity contribution is 7.89. The van der Waals surface area contributed by atoms with Crippen molar-refractivity contribution in [3.8, 4) is 23.6 Å². The molecule has 0 bridgehead atoms. The zero-order valence-corrected chi connectivity index (χ0v) is 19.2. The van der Waals surface area contributed by atoms with Gasteiger partial charge in [-0.05, 0) is 43.7 Å². The van der Waals surface area contributed by atoms with Crippen LogP contribution in [0.2, 0.25) is 0 Å². The molecule has 4 aromatic rings. The lowest BCUT2D eigenvalue weighted by atomic mass is 10.1. The van der Waals surface area contributed by atoms with Crippen molar-refractivity contribution in [3.05, 3.63) is 65.4 Å². The smallest absolute Gasteiger partial charge is 0.241 e. The van der Waals surface area contributed by atoms with Crippen LogP contribution in [0.15, 0.2) is 58.9 Å². The fourth-order valence-corrected chi connectivity index (χ4v) is 4.99. The van der Waals surface area contributed by atoms with Crippen LogP contribution in [0, 0.1) is 19.3 Å². The third-order valence-corrected chi connectivity index (χ3v) is 7.05. The Morgan fingerprint density at radius 1 is 1.16 bits per heavy atom. The van der Waals surface area contributed by atoms with Gasteiger partial charge < -0.3 is 5.32 Å². The molecule has 0 aliphatic carbocycles. The maximum absolute atomic E-state index is 12.4. The molecule has 9 heteroatoms. The molecule has 2 aromatic heterocycles. The van der Waals surface area contributed by atoms with Crippen molar-refractivity contribution in [2.24, 2.45) is 0 Å². The first kappa shape index (κ1) is 21.9. The lowest BCUT2D eigenvalue weighted by Gasteiger charge is -2.17. The predicted molar refractivity (Wildman–Crippen MR) is 128 cm³/mol. The average molecular weight is 464 g/mol. The van der Waals surface area contributed by atoms with Crippen LogP contribution in [0.5, 0.6) is 0 Å². The molecular weight excluding hydrogens is 442 g/mol. The SMILES string of the molecule is C#CCNS(=O)(=O)c1cccc(C(C)Nc2cc(-c3ccc4ncsc4c3)nc(C)n2)c1. The Morgan fingerprint density at radius 2 is 2.00 bits per heavy atom. The Kier molecular flexibility index (Phi) is 6.19. The van der Waals surface area contributed by atoms with Gasteiger partial charge in [0.25, 0.3) is 0 Å². The summed E-state index contributed by atoms with van der Waals surface area (Å²) in [5.41, 5.74) is 5.37. The number of nitrogens with zero attached hydrogens (tertiary/aromatic N) is 3. The lowest BCUT2D eigenvalue weighted by Crippen LogP contribution is -2.24.